The van der Waals surface area contributed by atoms with Crippen LogP contribution in [0.15, 0.2) is 48.8 Å². The molecule has 0 spiro atoms. The molecule has 1 unspecified atom stereocenters. The summed E-state index contributed by atoms with van der Waals surface area (Å²) < 4.78 is 7.97. The number of anilines is 1. The number of nitrogens with one attached hydrogen (secondary N) is 1. The first-order valence-electron chi connectivity index (χ1n) is 10.0. The van der Waals surface area contributed by atoms with Gasteiger partial charge >= 0.3 is 0 Å². The predicted octanol–water partition coefficient (Wildman–Crippen LogP) is 4.19. The fourth-order valence-electron chi connectivity index (χ4n) is 3.69. The number of carbonyl (C=O) groups excluding carboxylic acids is 1. The zero-order valence-electron chi connectivity index (χ0n) is 16.4. The number of aromatic nitrogens is 1. The van der Waals surface area contributed by atoms with Crippen molar-refractivity contribution in [2.75, 3.05) is 31.6 Å². The van der Waals surface area contributed by atoms with E-state index in [-0.39, 0.29) is 17.9 Å². The van der Waals surface area contributed by atoms with Crippen molar-refractivity contribution in [1.82, 2.24) is 9.47 Å². The molecule has 1 atom stereocenters. The van der Waals surface area contributed by atoms with Crippen molar-refractivity contribution < 1.29 is 9.53 Å². The number of para-hydroxylation sites is 2. The van der Waals surface area contributed by atoms with Gasteiger partial charge in [0.1, 0.15) is 18.4 Å². The highest BCUT2D eigenvalue weighted by molar-refractivity contribution is 5.95. The summed E-state index contributed by atoms with van der Waals surface area (Å²) in [4.78, 5) is 15.4. The molecule has 1 aromatic carbocycles. The van der Waals surface area contributed by atoms with Gasteiger partial charge in [0.15, 0.2) is 0 Å². The molecule has 2 heterocycles. The largest absolute Gasteiger partial charge is 0.490 e. The molecule has 0 radical (unpaired) electrons. The van der Waals surface area contributed by atoms with Crippen molar-refractivity contribution in [1.29, 1.82) is 0 Å². The molecule has 0 bridgehead atoms. The van der Waals surface area contributed by atoms with Gasteiger partial charge in [-0.1, -0.05) is 32.4 Å². The molecule has 1 N–H and O–H groups in total. The van der Waals surface area contributed by atoms with Gasteiger partial charge < -0.3 is 14.6 Å². The summed E-state index contributed by atoms with van der Waals surface area (Å²) in [6, 6.07) is 11.3. The molecule has 0 aliphatic carbocycles. The normalized spacial score (nSPS) is 16.3. The van der Waals surface area contributed by atoms with Crippen molar-refractivity contribution in [3.05, 3.63) is 48.8 Å². The average Bonchev–Trinajstić information content (AvgIpc) is 3.18. The van der Waals surface area contributed by atoms with Crippen molar-refractivity contribution >= 4 is 11.6 Å². The van der Waals surface area contributed by atoms with Crippen LogP contribution in [0.4, 0.5) is 5.69 Å². The number of hydrogen-bond acceptors (Lipinski definition) is 3. The third-order valence-electron chi connectivity index (χ3n) is 5.11. The van der Waals surface area contributed by atoms with E-state index in [4.69, 9.17) is 4.74 Å². The molecule has 1 aliphatic rings. The van der Waals surface area contributed by atoms with E-state index in [0.29, 0.717) is 6.61 Å². The summed E-state index contributed by atoms with van der Waals surface area (Å²) in [5.41, 5.74) is 0.735. The number of piperidine rings is 1. The lowest BCUT2D eigenvalue weighted by Gasteiger charge is -2.26. The van der Waals surface area contributed by atoms with Crippen LogP contribution in [0.1, 0.15) is 39.2 Å². The molecule has 0 saturated carbocycles. The second-order valence-electron chi connectivity index (χ2n) is 7.56. The van der Waals surface area contributed by atoms with Crippen LogP contribution < -0.4 is 10.1 Å². The molecule has 2 aromatic rings. The zero-order valence-corrected chi connectivity index (χ0v) is 16.4. The number of ether oxygens (including phenoxy) is 1. The lowest BCUT2D eigenvalue weighted by Crippen LogP contribution is -2.33. The van der Waals surface area contributed by atoms with E-state index < -0.39 is 0 Å². The highest BCUT2D eigenvalue weighted by Crippen LogP contribution is 2.27. The van der Waals surface area contributed by atoms with Crippen LogP contribution in [0.3, 0.4) is 0 Å². The van der Waals surface area contributed by atoms with Crippen LogP contribution in [-0.4, -0.2) is 41.6 Å². The van der Waals surface area contributed by atoms with Gasteiger partial charge in [-0.05, 0) is 56.1 Å². The number of likely N-dealkylation sites (tertiary alicyclic amines) is 1. The maximum Gasteiger partial charge on any atom is 0.247 e. The highest BCUT2D eigenvalue weighted by Gasteiger charge is 2.24. The van der Waals surface area contributed by atoms with Crippen molar-refractivity contribution in [2.45, 2.75) is 39.2 Å². The van der Waals surface area contributed by atoms with Crippen molar-refractivity contribution in [2.24, 2.45) is 5.92 Å². The quantitative estimate of drug-likeness (QED) is 0.759. The van der Waals surface area contributed by atoms with Gasteiger partial charge in [-0.3, -0.25) is 9.69 Å². The Morgan fingerprint density at radius 2 is 1.78 bits per heavy atom. The zero-order chi connectivity index (χ0) is 19.1. The first-order chi connectivity index (χ1) is 13.1. The molecule has 27 heavy (non-hydrogen) atoms. The fraction of sp³-hybridized carbons (Fsp3) is 0.500. The Kier molecular flexibility index (Phi) is 6.93. The first kappa shape index (κ1) is 19.5. The summed E-state index contributed by atoms with van der Waals surface area (Å²) in [5.74, 6) is 0.899. The van der Waals surface area contributed by atoms with Crippen molar-refractivity contribution in [3.63, 3.8) is 0 Å². The maximum atomic E-state index is 12.9. The second-order valence-corrected chi connectivity index (χ2v) is 7.56. The number of benzene rings is 1. The summed E-state index contributed by atoms with van der Waals surface area (Å²) in [6.07, 6.45) is 7.77. The van der Waals surface area contributed by atoms with Crippen LogP contribution >= 0.6 is 0 Å². The summed E-state index contributed by atoms with van der Waals surface area (Å²) in [7, 11) is 0. The molecule has 1 saturated heterocycles. The number of amides is 1. The molecule has 146 valence electrons. The Balaban J connectivity index is 1.61. The Labute approximate surface area is 162 Å². The van der Waals surface area contributed by atoms with E-state index >= 15 is 0 Å². The second kappa shape index (κ2) is 9.60. The molecule has 1 fully saturated rings. The summed E-state index contributed by atoms with van der Waals surface area (Å²) >= 11 is 0. The predicted molar refractivity (Wildman–Crippen MR) is 109 cm³/mol. The third kappa shape index (κ3) is 5.36. The minimum absolute atomic E-state index is 0.0201. The molecule has 1 aliphatic heterocycles. The van der Waals surface area contributed by atoms with Gasteiger partial charge in [-0.25, -0.2) is 0 Å². The number of rotatable bonds is 8. The van der Waals surface area contributed by atoms with Crippen LogP contribution in [0, 0.1) is 5.92 Å². The molecule has 3 rings (SSSR count). The highest BCUT2D eigenvalue weighted by atomic mass is 16.5. The van der Waals surface area contributed by atoms with Gasteiger partial charge in [0, 0.05) is 18.9 Å². The topological polar surface area (TPSA) is 46.5 Å². The number of hydrogen-bond donors (Lipinski definition) is 1. The van der Waals surface area contributed by atoms with Crippen LogP contribution in [0.5, 0.6) is 5.75 Å². The average molecular weight is 370 g/mol. The van der Waals surface area contributed by atoms with Gasteiger partial charge in [-0.2, -0.15) is 0 Å². The van der Waals surface area contributed by atoms with Gasteiger partial charge in [0.25, 0.3) is 0 Å². The molecule has 1 aromatic heterocycles. The van der Waals surface area contributed by atoms with Crippen LogP contribution in [0.2, 0.25) is 0 Å². The van der Waals surface area contributed by atoms with Crippen LogP contribution in [-0.2, 0) is 4.79 Å². The third-order valence-corrected chi connectivity index (χ3v) is 5.11. The minimum atomic E-state index is -0.249. The van der Waals surface area contributed by atoms with E-state index in [0.717, 1.165) is 31.1 Å². The standard InChI is InChI=1S/C22H31N3O2/c1-18(2)21(25-14-8-9-15-25)22(26)23-19-10-4-5-11-20(19)27-17-16-24-12-6-3-7-13-24/h4-5,8-11,14-15,18,21H,3,6-7,12-13,16-17H2,1-2H3,(H,23,26). The Morgan fingerprint density at radius 3 is 2.48 bits per heavy atom. The molecule has 1 amide bonds. The first-order valence-corrected chi connectivity index (χ1v) is 10.0. The van der Waals surface area contributed by atoms with E-state index in [2.05, 4.69) is 24.1 Å². The maximum absolute atomic E-state index is 12.9. The van der Waals surface area contributed by atoms with Crippen LogP contribution in [0.25, 0.3) is 0 Å². The summed E-state index contributed by atoms with van der Waals surface area (Å²) in [5, 5.41) is 3.07. The Morgan fingerprint density at radius 1 is 1.07 bits per heavy atom. The monoisotopic (exact) mass is 369 g/mol. The van der Waals surface area contributed by atoms with Gasteiger partial charge in [0.2, 0.25) is 5.91 Å². The van der Waals surface area contributed by atoms with Gasteiger partial charge in [0.05, 0.1) is 5.69 Å². The molecular weight excluding hydrogens is 338 g/mol. The van der Waals surface area contributed by atoms with E-state index in [1.807, 2.05) is 53.4 Å². The lowest BCUT2D eigenvalue weighted by atomic mass is 10.0. The van der Waals surface area contributed by atoms with Crippen molar-refractivity contribution in [3.8, 4) is 5.75 Å². The van der Waals surface area contributed by atoms with E-state index in [1.54, 1.807) is 0 Å². The lowest BCUT2D eigenvalue weighted by molar-refractivity contribution is -0.120. The summed E-state index contributed by atoms with van der Waals surface area (Å²) in [6.45, 7) is 8.01. The minimum Gasteiger partial charge on any atom is -0.490 e. The smallest absolute Gasteiger partial charge is 0.247 e. The van der Waals surface area contributed by atoms with E-state index in [9.17, 15) is 4.79 Å². The molecule has 5 heteroatoms. The Hall–Kier alpha value is -2.27. The van der Waals surface area contributed by atoms with Gasteiger partial charge in [-0.15, -0.1) is 0 Å². The SMILES string of the molecule is CC(C)C(C(=O)Nc1ccccc1OCCN1CCCCC1)n1cccc1. The molecular formula is C22H31N3O2. The Bertz CT molecular complexity index is 706. The van der Waals surface area contributed by atoms with E-state index in [1.165, 1.54) is 19.3 Å². The number of nitrogens with zero attached hydrogens (tertiary/aromatic N) is 2. The number of carbonyl (C=O) groups is 1. The molecule has 5 nitrogen and oxygen atoms in total. The fourth-order valence-corrected chi connectivity index (χ4v) is 3.69.